The largest absolute Gasteiger partial charge is 0.433 e. The molecule has 2 N–H and O–H groups in total. The van der Waals surface area contributed by atoms with Gasteiger partial charge in [0.15, 0.2) is 10.8 Å². The highest BCUT2D eigenvalue weighted by molar-refractivity contribution is 7.80. The second-order valence-corrected chi connectivity index (χ2v) is 6.52. The third-order valence-corrected chi connectivity index (χ3v) is 4.27. The molecule has 158 valence electrons. The minimum absolute atomic E-state index is 0.0147. The van der Waals surface area contributed by atoms with Gasteiger partial charge < -0.3 is 5.73 Å². The van der Waals surface area contributed by atoms with Crippen LogP contribution in [0.3, 0.4) is 0 Å². The van der Waals surface area contributed by atoms with E-state index in [9.17, 15) is 26.3 Å². The van der Waals surface area contributed by atoms with Gasteiger partial charge in [0, 0.05) is 12.4 Å². The van der Waals surface area contributed by atoms with Crippen molar-refractivity contribution in [3.05, 3.63) is 59.8 Å². The molecule has 0 spiro atoms. The van der Waals surface area contributed by atoms with Gasteiger partial charge in [-0.2, -0.15) is 26.3 Å². The van der Waals surface area contributed by atoms with Crippen molar-refractivity contribution >= 4 is 39.9 Å². The van der Waals surface area contributed by atoms with Gasteiger partial charge in [-0.25, -0.2) is 15.0 Å². The molecule has 12 heteroatoms. The number of aromatic nitrogens is 2. The maximum atomic E-state index is 13.3. The molecule has 3 rings (SSSR count). The Morgan fingerprint density at radius 2 is 1.57 bits per heavy atom. The standard InChI is InChI=1S/C18H13F6N5S/c1-28(29(16(25)30)10-5-3-2-4-6-10)14-8-7-11-12(17(19,20)21)9-13(18(22,23)24)26-15(11)27-14/h2-9H,1H3,(H2,25,30). The molecule has 0 unspecified atom stereocenters. The maximum absolute atomic E-state index is 13.3. The van der Waals surface area contributed by atoms with Crippen LogP contribution < -0.4 is 15.8 Å². The Kier molecular flexibility index (Phi) is 5.46. The van der Waals surface area contributed by atoms with Crippen LogP contribution in [0, 0.1) is 0 Å². The molecule has 0 aliphatic carbocycles. The van der Waals surface area contributed by atoms with Crippen LogP contribution in [0.1, 0.15) is 11.3 Å². The number of hydrogen-bond acceptors (Lipinski definition) is 4. The maximum Gasteiger partial charge on any atom is 0.433 e. The lowest BCUT2D eigenvalue weighted by molar-refractivity contribution is -0.144. The fraction of sp³-hybridized carbons (Fsp3) is 0.167. The highest BCUT2D eigenvalue weighted by Crippen LogP contribution is 2.38. The Balaban J connectivity index is 2.17. The lowest BCUT2D eigenvalue weighted by Crippen LogP contribution is -2.48. The van der Waals surface area contributed by atoms with E-state index < -0.39 is 34.6 Å². The van der Waals surface area contributed by atoms with E-state index in [4.69, 9.17) is 18.0 Å². The third kappa shape index (κ3) is 4.22. The van der Waals surface area contributed by atoms with Crippen molar-refractivity contribution in [3.63, 3.8) is 0 Å². The first-order chi connectivity index (χ1) is 13.9. The van der Waals surface area contributed by atoms with Crippen LogP contribution in [0.25, 0.3) is 11.0 Å². The third-order valence-electron chi connectivity index (χ3n) is 4.09. The molecule has 0 bridgehead atoms. The molecular formula is C18H13F6N5S. The molecule has 0 saturated carbocycles. The summed E-state index contributed by atoms with van der Waals surface area (Å²) in [5.41, 5.74) is 2.40. The first kappa shape index (κ1) is 21.6. The topological polar surface area (TPSA) is 58.3 Å². The Labute approximate surface area is 171 Å². The van der Waals surface area contributed by atoms with Crippen molar-refractivity contribution in [2.24, 2.45) is 5.73 Å². The molecule has 0 amide bonds. The van der Waals surface area contributed by atoms with Crippen LogP contribution in [-0.2, 0) is 12.4 Å². The Bertz CT molecular complexity index is 1080. The minimum Gasteiger partial charge on any atom is -0.374 e. The Morgan fingerprint density at radius 1 is 0.933 bits per heavy atom. The number of hydrazine groups is 1. The first-order valence-electron chi connectivity index (χ1n) is 8.24. The average molecular weight is 445 g/mol. The lowest BCUT2D eigenvalue weighted by Gasteiger charge is -2.33. The van der Waals surface area contributed by atoms with Crippen LogP contribution in [0.4, 0.5) is 37.8 Å². The SMILES string of the molecule is CN(c1ccc2c(C(F)(F)F)cc(C(F)(F)F)nc2n1)N(C(N)=S)c1ccccc1. The van der Waals surface area contributed by atoms with E-state index in [1.54, 1.807) is 30.3 Å². The van der Waals surface area contributed by atoms with Crippen molar-refractivity contribution in [1.29, 1.82) is 0 Å². The zero-order valence-corrected chi connectivity index (χ0v) is 16.0. The van der Waals surface area contributed by atoms with Crippen LogP contribution in [0.2, 0.25) is 0 Å². The number of pyridine rings is 2. The summed E-state index contributed by atoms with van der Waals surface area (Å²) in [7, 11) is 1.46. The Morgan fingerprint density at radius 3 is 2.10 bits per heavy atom. The van der Waals surface area contributed by atoms with Gasteiger partial charge in [-0.3, -0.25) is 5.01 Å². The van der Waals surface area contributed by atoms with E-state index in [2.05, 4.69) is 9.97 Å². The molecule has 5 nitrogen and oxygen atoms in total. The molecule has 30 heavy (non-hydrogen) atoms. The molecule has 3 aromatic rings. The molecule has 0 aliphatic heterocycles. The number of para-hydroxylation sites is 1. The summed E-state index contributed by atoms with van der Waals surface area (Å²) in [5.74, 6) is -0.0147. The molecule has 0 fully saturated rings. The molecule has 0 radical (unpaired) electrons. The summed E-state index contributed by atoms with van der Waals surface area (Å²) >= 11 is 5.03. The molecule has 2 aromatic heterocycles. The highest BCUT2D eigenvalue weighted by atomic mass is 32.1. The van der Waals surface area contributed by atoms with Gasteiger partial charge in [-0.15, -0.1) is 0 Å². The number of thiocarbonyl (C=S) groups is 1. The summed E-state index contributed by atoms with van der Waals surface area (Å²) in [5, 5.41) is 1.95. The van der Waals surface area contributed by atoms with Crippen molar-refractivity contribution in [2.45, 2.75) is 12.4 Å². The molecule has 0 saturated heterocycles. The number of fused-ring (bicyclic) bond motifs is 1. The predicted octanol–water partition coefficient (Wildman–Crippen LogP) is 4.77. The number of halogens is 6. The zero-order valence-electron chi connectivity index (χ0n) is 15.2. The van der Waals surface area contributed by atoms with E-state index in [1.807, 2.05) is 0 Å². The molecule has 0 atom stereocenters. The number of nitrogens with zero attached hydrogens (tertiary/aromatic N) is 4. The van der Waals surface area contributed by atoms with E-state index >= 15 is 0 Å². The number of anilines is 2. The van der Waals surface area contributed by atoms with Gasteiger partial charge in [0.05, 0.1) is 11.3 Å². The van der Waals surface area contributed by atoms with Gasteiger partial charge in [-0.05, 0) is 42.5 Å². The van der Waals surface area contributed by atoms with Crippen molar-refractivity contribution in [2.75, 3.05) is 17.1 Å². The Hall–Kier alpha value is -3.15. The summed E-state index contributed by atoms with van der Waals surface area (Å²) in [4.78, 5) is 7.21. The zero-order chi connectivity index (χ0) is 22.3. The quantitative estimate of drug-likeness (QED) is 0.356. The summed E-state index contributed by atoms with van der Waals surface area (Å²) in [6.45, 7) is 0. The molecule has 2 heterocycles. The number of nitrogens with two attached hydrogens (primary N) is 1. The molecular weight excluding hydrogens is 432 g/mol. The van der Waals surface area contributed by atoms with E-state index in [-0.39, 0.29) is 17.0 Å². The van der Waals surface area contributed by atoms with E-state index in [0.29, 0.717) is 5.69 Å². The molecule has 1 aromatic carbocycles. The number of alkyl halides is 6. The van der Waals surface area contributed by atoms with Gasteiger partial charge in [0.2, 0.25) is 0 Å². The van der Waals surface area contributed by atoms with Crippen LogP contribution >= 0.6 is 12.2 Å². The number of rotatable bonds is 3. The van der Waals surface area contributed by atoms with Gasteiger partial charge >= 0.3 is 12.4 Å². The normalized spacial score (nSPS) is 12.1. The smallest absolute Gasteiger partial charge is 0.374 e. The first-order valence-corrected chi connectivity index (χ1v) is 8.65. The van der Waals surface area contributed by atoms with Crippen LogP contribution in [-0.4, -0.2) is 22.1 Å². The monoisotopic (exact) mass is 445 g/mol. The van der Waals surface area contributed by atoms with Crippen molar-refractivity contribution < 1.29 is 26.3 Å². The minimum atomic E-state index is -5.08. The average Bonchev–Trinajstić information content (AvgIpc) is 2.65. The van der Waals surface area contributed by atoms with Gasteiger partial charge in [-0.1, -0.05) is 18.2 Å². The van der Waals surface area contributed by atoms with Crippen LogP contribution in [0.15, 0.2) is 48.5 Å². The van der Waals surface area contributed by atoms with Crippen molar-refractivity contribution in [1.82, 2.24) is 9.97 Å². The summed E-state index contributed by atoms with van der Waals surface area (Å²) in [6, 6.07) is 10.7. The lowest BCUT2D eigenvalue weighted by atomic mass is 10.1. The van der Waals surface area contributed by atoms with Gasteiger partial charge in [0.25, 0.3) is 0 Å². The number of benzene rings is 1. The van der Waals surface area contributed by atoms with Crippen molar-refractivity contribution in [3.8, 4) is 0 Å². The second-order valence-electron chi connectivity index (χ2n) is 6.10. The van der Waals surface area contributed by atoms with E-state index in [1.165, 1.54) is 23.1 Å². The molecule has 0 aliphatic rings. The van der Waals surface area contributed by atoms with Gasteiger partial charge in [0.1, 0.15) is 11.5 Å². The summed E-state index contributed by atoms with van der Waals surface area (Å²) < 4.78 is 79.2. The summed E-state index contributed by atoms with van der Waals surface area (Å²) in [6.07, 6.45) is -10.1. The van der Waals surface area contributed by atoms with E-state index in [0.717, 1.165) is 6.07 Å². The highest BCUT2D eigenvalue weighted by Gasteiger charge is 2.39. The van der Waals surface area contributed by atoms with Crippen LogP contribution in [0.5, 0.6) is 0 Å². The fourth-order valence-electron chi connectivity index (χ4n) is 2.77. The second kappa shape index (κ2) is 7.59. The predicted molar refractivity (Wildman–Crippen MR) is 104 cm³/mol. The fourth-order valence-corrected chi connectivity index (χ4v) is 3.00. The number of hydrogen-bond donors (Lipinski definition) is 1.